The van der Waals surface area contributed by atoms with Crippen molar-refractivity contribution in [2.75, 3.05) is 6.61 Å². The lowest BCUT2D eigenvalue weighted by atomic mass is 9.98. The van der Waals surface area contributed by atoms with Crippen LogP contribution in [0.1, 0.15) is 18.9 Å². The van der Waals surface area contributed by atoms with Gasteiger partial charge in [0.05, 0.1) is 0 Å². The molecule has 3 rings (SSSR count). The van der Waals surface area contributed by atoms with E-state index in [1.54, 1.807) is 6.08 Å². The molecule has 1 nitrogen and oxygen atoms in total. The smallest absolute Gasteiger partial charge is 0.138 e. The quantitative estimate of drug-likeness (QED) is 0.494. The number of halogens is 1. The molecule has 0 unspecified atom stereocenters. The molecule has 0 aliphatic heterocycles. The number of fused-ring (bicyclic) bond motifs is 1. The molecular formula is C22H21FO. The van der Waals surface area contributed by atoms with Crippen molar-refractivity contribution in [2.45, 2.75) is 19.8 Å². The largest absolute Gasteiger partial charge is 0.490 e. The van der Waals surface area contributed by atoms with Crippen LogP contribution in [0.4, 0.5) is 4.39 Å². The van der Waals surface area contributed by atoms with Crippen molar-refractivity contribution in [1.82, 2.24) is 0 Å². The van der Waals surface area contributed by atoms with Gasteiger partial charge in [0.2, 0.25) is 0 Å². The number of ether oxygens (including phenoxy) is 1. The van der Waals surface area contributed by atoms with Crippen molar-refractivity contribution in [3.63, 3.8) is 0 Å². The average Bonchev–Trinajstić information content (AvgIpc) is 2.61. The van der Waals surface area contributed by atoms with E-state index >= 15 is 0 Å². The number of hydrogen-bond acceptors (Lipinski definition) is 1. The molecule has 0 heterocycles. The van der Waals surface area contributed by atoms with Gasteiger partial charge in [-0.3, -0.25) is 0 Å². The molecule has 0 aliphatic carbocycles. The maximum absolute atomic E-state index is 14.9. The Labute approximate surface area is 142 Å². The van der Waals surface area contributed by atoms with Crippen LogP contribution in [0.5, 0.6) is 5.75 Å². The van der Waals surface area contributed by atoms with Gasteiger partial charge in [-0.25, -0.2) is 4.39 Å². The zero-order chi connectivity index (χ0) is 16.9. The first kappa shape index (κ1) is 16.3. The van der Waals surface area contributed by atoms with E-state index in [0.717, 1.165) is 29.5 Å². The Bertz CT molecular complexity index is 850. The van der Waals surface area contributed by atoms with E-state index in [1.807, 2.05) is 48.5 Å². The van der Waals surface area contributed by atoms with Gasteiger partial charge in [-0.05, 0) is 35.1 Å². The molecule has 0 spiro atoms. The van der Waals surface area contributed by atoms with Crippen molar-refractivity contribution >= 4 is 10.8 Å². The second kappa shape index (κ2) is 7.31. The molecule has 0 saturated heterocycles. The SMILES string of the molecule is C=CCOc1ccc(-c2ccc3cc(CCC)ccc3c2F)cc1. The molecule has 0 bridgehead atoms. The first-order valence-corrected chi connectivity index (χ1v) is 8.28. The fourth-order valence-electron chi connectivity index (χ4n) is 2.89. The Morgan fingerprint density at radius 2 is 1.83 bits per heavy atom. The third kappa shape index (κ3) is 3.33. The lowest BCUT2D eigenvalue weighted by Gasteiger charge is -2.09. The first-order chi connectivity index (χ1) is 11.7. The monoisotopic (exact) mass is 320 g/mol. The van der Waals surface area contributed by atoms with E-state index < -0.39 is 0 Å². The van der Waals surface area contributed by atoms with Gasteiger partial charge in [-0.1, -0.05) is 68.5 Å². The maximum atomic E-state index is 14.9. The molecule has 0 saturated carbocycles. The van der Waals surface area contributed by atoms with Gasteiger partial charge < -0.3 is 4.74 Å². The van der Waals surface area contributed by atoms with E-state index in [1.165, 1.54) is 5.56 Å². The van der Waals surface area contributed by atoms with E-state index in [2.05, 4.69) is 19.6 Å². The summed E-state index contributed by atoms with van der Waals surface area (Å²) in [4.78, 5) is 0. The van der Waals surface area contributed by atoms with Crippen molar-refractivity contribution in [2.24, 2.45) is 0 Å². The molecule has 0 radical (unpaired) electrons. The zero-order valence-corrected chi connectivity index (χ0v) is 13.9. The molecule has 0 aliphatic rings. The van der Waals surface area contributed by atoms with Gasteiger partial charge in [0.1, 0.15) is 18.2 Å². The summed E-state index contributed by atoms with van der Waals surface area (Å²) in [6, 6.07) is 17.3. The molecule has 0 aromatic heterocycles. The molecule has 3 aromatic rings. The first-order valence-electron chi connectivity index (χ1n) is 8.28. The normalized spacial score (nSPS) is 10.8. The molecule has 2 heteroatoms. The van der Waals surface area contributed by atoms with Crippen LogP contribution < -0.4 is 4.74 Å². The summed E-state index contributed by atoms with van der Waals surface area (Å²) >= 11 is 0. The molecular weight excluding hydrogens is 299 g/mol. The average molecular weight is 320 g/mol. The Hall–Kier alpha value is -2.61. The summed E-state index contributed by atoms with van der Waals surface area (Å²) in [6.45, 7) is 6.24. The van der Waals surface area contributed by atoms with Crippen molar-refractivity contribution in [3.8, 4) is 16.9 Å². The van der Waals surface area contributed by atoms with Gasteiger partial charge in [0.15, 0.2) is 0 Å². The summed E-state index contributed by atoms with van der Waals surface area (Å²) in [5.41, 5.74) is 2.71. The number of benzene rings is 3. The fraction of sp³-hybridized carbons (Fsp3) is 0.182. The minimum atomic E-state index is -0.171. The van der Waals surface area contributed by atoms with Crippen LogP contribution in [0.3, 0.4) is 0 Å². The molecule has 24 heavy (non-hydrogen) atoms. The highest BCUT2D eigenvalue weighted by Crippen LogP contribution is 2.30. The topological polar surface area (TPSA) is 9.23 Å². The van der Waals surface area contributed by atoms with Gasteiger partial charge in [-0.2, -0.15) is 0 Å². The van der Waals surface area contributed by atoms with Crippen molar-refractivity contribution in [3.05, 3.63) is 78.6 Å². The van der Waals surface area contributed by atoms with Crippen LogP contribution >= 0.6 is 0 Å². The van der Waals surface area contributed by atoms with Crippen LogP contribution in [0.25, 0.3) is 21.9 Å². The standard InChI is InChI=1S/C22H21FO/c1-3-5-16-6-12-21-18(15-16)9-13-20(22(21)23)17-7-10-19(11-8-17)24-14-4-2/h4,6-13,15H,2-3,5,14H2,1H3. The lowest BCUT2D eigenvalue weighted by Crippen LogP contribution is -1.93. The van der Waals surface area contributed by atoms with Gasteiger partial charge in [0.25, 0.3) is 0 Å². The Morgan fingerprint density at radius 3 is 2.54 bits per heavy atom. The van der Waals surface area contributed by atoms with Crippen LogP contribution in [-0.2, 0) is 6.42 Å². The molecule has 0 atom stereocenters. The van der Waals surface area contributed by atoms with E-state index in [4.69, 9.17) is 4.74 Å². The van der Waals surface area contributed by atoms with Gasteiger partial charge in [0, 0.05) is 10.9 Å². The predicted octanol–water partition coefficient (Wildman–Crippen LogP) is 6.16. The number of hydrogen-bond donors (Lipinski definition) is 0. The highest BCUT2D eigenvalue weighted by Gasteiger charge is 2.10. The van der Waals surface area contributed by atoms with E-state index in [9.17, 15) is 4.39 Å². The summed E-state index contributed by atoms with van der Waals surface area (Å²) in [5.74, 6) is 0.583. The lowest BCUT2D eigenvalue weighted by molar-refractivity contribution is 0.363. The summed E-state index contributed by atoms with van der Waals surface area (Å²) in [5, 5.41) is 1.62. The van der Waals surface area contributed by atoms with Crippen LogP contribution in [-0.4, -0.2) is 6.61 Å². The number of rotatable bonds is 6. The molecule has 0 fully saturated rings. The minimum Gasteiger partial charge on any atom is -0.490 e. The third-order valence-electron chi connectivity index (χ3n) is 4.09. The highest BCUT2D eigenvalue weighted by atomic mass is 19.1. The van der Waals surface area contributed by atoms with Gasteiger partial charge >= 0.3 is 0 Å². The molecule has 0 N–H and O–H groups in total. The highest BCUT2D eigenvalue weighted by molar-refractivity contribution is 5.88. The summed E-state index contributed by atoms with van der Waals surface area (Å²) in [7, 11) is 0. The zero-order valence-electron chi connectivity index (χ0n) is 13.9. The maximum Gasteiger partial charge on any atom is 0.138 e. The van der Waals surface area contributed by atoms with E-state index in [0.29, 0.717) is 17.6 Å². The fourth-order valence-corrected chi connectivity index (χ4v) is 2.89. The Kier molecular flexibility index (Phi) is 4.95. The second-order valence-electron chi connectivity index (χ2n) is 5.86. The van der Waals surface area contributed by atoms with Crippen molar-refractivity contribution in [1.29, 1.82) is 0 Å². The molecule has 0 amide bonds. The minimum absolute atomic E-state index is 0.171. The Balaban J connectivity index is 1.96. The van der Waals surface area contributed by atoms with E-state index in [-0.39, 0.29) is 5.82 Å². The van der Waals surface area contributed by atoms with Crippen LogP contribution in [0, 0.1) is 5.82 Å². The van der Waals surface area contributed by atoms with Crippen molar-refractivity contribution < 1.29 is 9.13 Å². The summed E-state index contributed by atoms with van der Waals surface area (Å²) in [6.07, 6.45) is 3.81. The third-order valence-corrected chi connectivity index (χ3v) is 4.09. The molecule has 3 aromatic carbocycles. The summed E-state index contributed by atoms with van der Waals surface area (Å²) < 4.78 is 20.4. The van der Waals surface area contributed by atoms with Crippen LogP contribution in [0.15, 0.2) is 67.3 Å². The van der Waals surface area contributed by atoms with Gasteiger partial charge in [-0.15, -0.1) is 0 Å². The number of aryl methyl sites for hydroxylation is 1. The Morgan fingerprint density at radius 1 is 1.04 bits per heavy atom. The second-order valence-corrected chi connectivity index (χ2v) is 5.86. The predicted molar refractivity (Wildman–Crippen MR) is 99.0 cm³/mol. The van der Waals surface area contributed by atoms with Crippen LogP contribution in [0.2, 0.25) is 0 Å². The molecule has 122 valence electrons.